The Kier molecular flexibility index (Phi) is 2.90. The van der Waals surface area contributed by atoms with E-state index in [0.717, 1.165) is 23.5 Å². The van der Waals surface area contributed by atoms with Crippen LogP contribution in [0, 0.1) is 0 Å². The summed E-state index contributed by atoms with van der Waals surface area (Å²) < 4.78 is 11.0. The Hall–Kier alpha value is -1.51. The number of carbonyl (C=O) groups is 1. The van der Waals surface area contributed by atoms with Crippen molar-refractivity contribution < 1.29 is 14.3 Å². The zero-order valence-electron chi connectivity index (χ0n) is 8.79. The summed E-state index contributed by atoms with van der Waals surface area (Å²) in [6.45, 7) is 2.79. The van der Waals surface area contributed by atoms with Crippen LogP contribution in [-0.4, -0.2) is 19.0 Å². The van der Waals surface area contributed by atoms with Gasteiger partial charge in [0, 0.05) is 6.42 Å². The van der Waals surface area contributed by atoms with Gasteiger partial charge in [0.25, 0.3) is 0 Å². The minimum Gasteiger partial charge on any atom is -0.486 e. The van der Waals surface area contributed by atoms with Crippen LogP contribution in [0.3, 0.4) is 0 Å². The maximum Gasteiger partial charge on any atom is 0.164 e. The zero-order valence-corrected chi connectivity index (χ0v) is 8.79. The molecule has 0 amide bonds. The van der Waals surface area contributed by atoms with Crippen LogP contribution < -0.4 is 9.47 Å². The lowest BCUT2D eigenvalue weighted by Crippen LogP contribution is -2.16. The van der Waals surface area contributed by atoms with Gasteiger partial charge in [0.15, 0.2) is 11.5 Å². The first-order valence-corrected chi connectivity index (χ1v) is 5.14. The average Bonchev–Trinajstić information content (AvgIpc) is 2.26. The fourth-order valence-electron chi connectivity index (χ4n) is 1.64. The van der Waals surface area contributed by atoms with E-state index in [9.17, 15) is 4.79 Å². The minimum absolute atomic E-state index is 0.198. The number of benzene rings is 1. The number of hydrogen-bond acceptors (Lipinski definition) is 3. The van der Waals surface area contributed by atoms with Crippen molar-refractivity contribution in [2.45, 2.75) is 19.8 Å². The first-order valence-electron chi connectivity index (χ1n) is 5.14. The Balaban J connectivity index is 2.19. The molecule has 1 aromatic carbocycles. The number of fused-ring (bicyclic) bond motifs is 1. The molecule has 80 valence electrons. The highest BCUT2D eigenvalue weighted by Gasteiger charge is 2.15. The number of rotatable bonds is 3. The average molecular weight is 206 g/mol. The largest absolute Gasteiger partial charge is 0.486 e. The van der Waals surface area contributed by atoms with Gasteiger partial charge in [-0.05, 0) is 25.0 Å². The lowest BCUT2D eigenvalue weighted by Gasteiger charge is -2.20. The Labute approximate surface area is 89.0 Å². The zero-order chi connectivity index (χ0) is 10.7. The van der Waals surface area contributed by atoms with Crippen LogP contribution in [0.15, 0.2) is 18.2 Å². The second-order valence-corrected chi connectivity index (χ2v) is 3.64. The third kappa shape index (κ3) is 2.29. The van der Waals surface area contributed by atoms with Gasteiger partial charge in [0.05, 0.1) is 0 Å². The smallest absolute Gasteiger partial charge is 0.164 e. The molecule has 0 bridgehead atoms. The molecule has 0 unspecified atom stereocenters. The molecule has 0 N–H and O–H groups in total. The van der Waals surface area contributed by atoms with Gasteiger partial charge in [0.2, 0.25) is 0 Å². The van der Waals surface area contributed by atoms with Gasteiger partial charge >= 0.3 is 0 Å². The lowest BCUT2D eigenvalue weighted by atomic mass is 10.1. The summed E-state index contributed by atoms with van der Waals surface area (Å²) in [4.78, 5) is 10.9. The molecule has 0 saturated carbocycles. The van der Waals surface area contributed by atoms with Gasteiger partial charge in [-0.15, -0.1) is 0 Å². The van der Waals surface area contributed by atoms with Crippen molar-refractivity contribution >= 4 is 5.78 Å². The lowest BCUT2D eigenvalue weighted by molar-refractivity contribution is -0.116. The molecule has 15 heavy (non-hydrogen) atoms. The molecular weight excluding hydrogens is 192 g/mol. The van der Waals surface area contributed by atoms with E-state index in [0.29, 0.717) is 19.6 Å². The highest BCUT2D eigenvalue weighted by molar-refractivity contribution is 5.75. The van der Waals surface area contributed by atoms with E-state index in [1.165, 1.54) is 0 Å². The summed E-state index contributed by atoms with van der Waals surface area (Å²) in [5, 5.41) is 0. The van der Waals surface area contributed by atoms with Crippen molar-refractivity contribution in [3.63, 3.8) is 0 Å². The number of carbonyl (C=O) groups excluding carboxylic acids is 1. The molecule has 0 spiro atoms. The summed E-state index contributed by atoms with van der Waals surface area (Å²) in [6, 6.07) is 5.81. The minimum atomic E-state index is 0.198. The highest BCUT2D eigenvalue weighted by atomic mass is 16.6. The molecule has 1 aliphatic rings. The summed E-state index contributed by atoms with van der Waals surface area (Å²) in [5.74, 6) is 1.80. The van der Waals surface area contributed by atoms with Gasteiger partial charge in [0.1, 0.15) is 19.0 Å². The normalized spacial score (nSPS) is 13.7. The van der Waals surface area contributed by atoms with Gasteiger partial charge in [-0.25, -0.2) is 0 Å². The highest BCUT2D eigenvalue weighted by Crippen LogP contribution is 2.34. The monoisotopic (exact) mass is 206 g/mol. The Morgan fingerprint density at radius 1 is 1.33 bits per heavy atom. The van der Waals surface area contributed by atoms with Crippen molar-refractivity contribution in [2.75, 3.05) is 13.2 Å². The quantitative estimate of drug-likeness (QED) is 0.758. The second kappa shape index (κ2) is 4.34. The topological polar surface area (TPSA) is 35.5 Å². The van der Waals surface area contributed by atoms with E-state index in [1.807, 2.05) is 18.2 Å². The fourth-order valence-corrected chi connectivity index (χ4v) is 1.64. The van der Waals surface area contributed by atoms with E-state index in [-0.39, 0.29) is 5.78 Å². The summed E-state index contributed by atoms with van der Waals surface area (Å²) in [7, 11) is 0. The predicted octanol–water partition coefficient (Wildman–Crippen LogP) is 1.98. The maximum absolute atomic E-state index is 10.9. The van der Waals surface area contributed by atoms with Crippen LogP contribution in [-0.2, 0) is 11.2 Å². The molecule has 1 heterocycles. The summed E-state index contributed by atoms with van der Waals surface area (Å²) >= 11 is 0. The number of ether oxygens (including phenoxy) is 2. The van der Waals surface area contributed by atoms with Crippen molar-refractivity contribution in [1.82, 2.24) is 0 Å². The maximum atomic E-state index is 10.9. The summed E-state index contributed by atoms with van der Waals surface area (Å²) in [5.41, 5.74) is 1.06. The van der Waals surface area contributed by atoms with E-state index < -0.39 is 0 Å². The molecule has 3 heteroatoms. The van der Waals surface area contributed by atoms with Crippen molar-refractivity contribution in [1.29, 1.82) is 0 Å². The SMILES string of the molecule is CC(=O)CCc1cccc2c1OCCO2. The molecule has 1 aromatic rings. The first-order chi connectivity index (χ1) is 7.27. The fraction of sp³-hybridized carbons (Fsp3) is 0.417. The number of Topliss-reactive ketones (excluding diaryl/α,β-unsaturated/α-hetero) is 1. The number of ketones is 1. The van der Waals surface area contributed by atoms with Gasteiger partial charge in [-0.2, -0.15) is 0 Å². The van der Waals surface area contributed by atoms with Crippen LogP contribution >= 0.6 is 0 Å². The van der Waals surface area contributed by atoms with E-state index in [4.69, 9.17) is 9.47 Å². The van der Waals surface area contributed by atoms with Crippen LogP contribution in [0.4, 0.5) is 0 Å². The third-order valence-corrected chi connectivity index (χ3v) is 2.39. The second-order valence-electron chi connectivity index (χ2n) is 3.64. The number of para-hydroxylation sites is 1. The molecule has 0 aromatic heterocycles. The molecule has 3 nitrogen and oxygen atoms in total. The predicted molar refractivity (Wildman–Crippen MR) is 56.4 cm³/mol. The van der Waals surface area contributed by atoms with Crippen molar-refractivity contribution in [3.05, 3.63) is 23.8 Å². The molecule has 0 saturated heterocycles. The summed E-state index contributed by atoms with van der Waals surface area (Å²) in [6.07, 6.45) is 1.28. The molecule has 0 aliphatic carbocycles. The van der Waals surface area contributed by atoms with Crippen LogP contribution in [0.5, 0.6) is 11.5 Å². The Morgan fingerprint density at radius 3 is 2.93 bits per heavy atom. The van der Waals surface area contributed by atoms with Crippen LogP contribution in [0.25, 0.3) is 0 Å². The van der Waals surface area contributed by atoms with Crippen LogP contribution in [0.2, 0.25) is 0 Å². The Bertz CT molecular complexity index is 371. The molecule has 0 fully saturated rings. The first kappa shape index (κ1) is 10.0. The Morgan fingerprint density at radius 2 is 2.13 bits per heavy atom. The number of hydrogen-bond donors (Lipinski definition) is 0. The van der Waals surface area contributed by atoms with Crippen molar-refractivity contribution in [2.24, 2.45) is 0 Å². The third-order valence-electron chi connectivity index (χ3n) is 2.39. The molecule has 0 atom stereocenters. The van der Waals surface area contributed by atoms with E-state index in [2.05, 4.69) is 0 Å². The molecular formula is C12H14O3. The number of aryl methyl sites for hydroxylation is 1. The van der Waals surface area contributed by atoms with Crippen molar-refractivity contribution in [3.8, 4) is 11.5 Å². The van der Waals surface area contributed by atoms with E-state index >= 15 is 0 Å². The van der Waals surface area contributed by atoms with E-state index in [1.54, 1.807) is 6.92 Å². The molecule has 2 rings (SSSR count). The van der Waals surface area contributed by atoms with Gasteiger partial charge < -0.3 is 14.3 Å². The van der Waals surface area contributed by atoms with Crippen LogP contribution in [0.1, 0.15) is 18.9 Å². The van der Waals surface area contributed by atoms with Gasteiger partial charge in [-0.3, -0.25) is 0 Å². The molecule has 1 aliphatic heterocycles. The van der Waals surface area contributed by atoms with Gasteiger partial charge in [-0.1, -0.05) is 12.1 Å². The molecule has 0 radical (unpaired) electrons. The standard InChI is InChI=1S/C12H14O3/c1-9(13)5-6-10-3-2-4-11-12(10)15-8-7-14-11/h2-4H,5-8H2,1H3.